The van der Waals surface area contributed by atoms with E-state index >= 15 is 0 Å². The number of carbonyl (C=O) groups is 1. The Hall–Kier alpha value is -1.72. The normalized spacial score (nSPS) is 12.1. The molecular weight excluding hydrogens is 318 g/mol. The Bertz CT molecular complexity index is 557. The van der Waals surface area contributed by atoms with Crippen molar-refractivity contribution in [3.05, 3.63) is 64.4 Å². The first-order valence-electron chi connectivity index (χ1n) is 6.32. The number of nitrogens with two attached hydrogens (primary N) is 1. The van der Waals surface area contributed by atoms with Crippen molar-refractivity contribution in [1.82, 2.24) is 10.3 Å². The molecule has 1 aromatic heterocycles. The van der Waals surface area contributed by atoms with Crippen molar-refractivity contribution in [2.45, 2.75) is 12.5 Å². The van der Waals surface area contributed by atoms with Crippen LogP contribution in [0.2, 0.25) is 0 Å². The van der Waals surface area contributed by atoms with Crippen LogP contribution in [-0.4, -0.2) is 17.4 Å². The predicted molar refractivity (Wildman–Crippen MR) is 82.0 cm³/mol. The lowest BCUT2D eigenvalue weighted by atomic mass is 10.0. The molecule has 0 spiro atoms. The number of rotatable bonds is 6. The van der Waals surface area contributed by atoms with Gasteiger partial charge < -0.3 is 11.1 Å². The summed E-state index contributed by atoms with van der Waals surface area (Å²) in [6.07, 6.45) is 2.47. The molecule has 0 radical (unpaired) electrons. The van der Waals surface area contributed by atoms with Gasteiger partial charge in [-0.3, -0.25) is 9.78 Å². The zero-order chi connectivity index (χ0) is 14.4. The average Bonchev–Trinajstić information content (AvgIpc) is 2.45. The number of nitrogens with one attached hydrogen (secondary N) is 1. The van der Waals surface area contributed by atoms with Crippen LogP contribution in [0, 0.1) is 0 Å². The molecule has 1 heterocycles. The van der Waals surface area contributed by atoms with Crippen molar-refractivity contribution in [2.75, 3.05) is 6.54 Å². The highest BCUT2D eigenvalue weighted by molar-refractivity contribution is 9.10. The summed E-state index contributed by atoms with van der Waals surface area (Å²) in [6, 6.07) is 13.8. The molecule has 0 unspecified atom stereocenters. The SMILES string of the molecule is NC(=O)CN[C@@H](Cc1ccccn1)c1ccc(Br)cc1. The maximum absolute atomic E-state index is 11.0. The first-order valence-corrected chi connectivity index (χ1v) is 7.11. The molecule has 0 saturated heterocycles. The van der Waals surface area contributed by atoms with E-state index in [0.717, 1.165) is 15.7 Å². The van der Waals surface area contributed by atoms with Gasteiger partial charge in [0, 0.05) is 28.8 Å². The highest BCUT2D eigenvalue weighted by atomic mass is 79.9. The summed E-state index contributed by atoms with van der Waals surface area (Å²) in [5.74, 6) is -0.367. The Morgan fingerprint density at radius 3 is 2.60 bits per heavy atom. The fraction of sp³-hybridized carbons (Fsp3) is 0.200. The number of amides is 1. The molecule has 1 aromatic carbocycles. The van der Waals surface area contributed by atoms with Crippen molar-refractivity contribution in [2.24, 2.45) is 5.73 Å². The molecule has 0 aliphatic carbocycles. The number of pyridine rings is 1. The highest BCUT2D eigenvalue weighted by Crippen LogP contribution is 2.20. The number of aromatic nitrogens is 1. The Kier molecular flexibility index (Phi) is 5.26. The quantitative estimate of drug-likeness (QED) is 0.851. The summed E-state index contributed by atoms with van der Waals surface area (Å²) >= 11 is 3.42. The van der Waals surface area contributed by atoms with Gasteiger partial charge in [-0.25, -0.2) is 0 Å². The summed E-state index contributed by atoms with van der Waals surface area (Å²) in [5, 5.41) is 3.17. The standard InChI is InChI=1S/C15H16BrN3O/c16-12-6-4-11(5-7-12)14(19-10-15(17)20)9-13-3-1-2-8-18-13/h1-8,14,19H,9-10H2,(H2,17,20)/t14-/m0/s1. The minimum absolute atomic E-state index is 0.00509. The Labute approximate surface area is 126 Å². The molecule has 5 heteroatoms. The van der Waals surface area contributed by atoms with Crippen molar-refractivity contribution in [3.8, 4) is 0 Å². The van der Waals surface area contributed by atoms with E-state index in [9.17, 15) is 4.79 Å². The largest absolute Gasteiger partial charge is 0.369 e. The zero-order valence-corrected chi connectivity index (χ0v) is 12.5. The molecule has 104 valence electrons. The summed E-state index contributed by atoms with van der Waals surface area (Å²) in [4.78, 5) is 15.3. The lowest BCUT2D eigenvalue weighted by Crippen LogP contribution is -2.32. The maximum atomic E-state index is 11.0. The molecule has 0 saturated carbocycles. The number of carbonyl (C=O) groups excluding carboxylic acids is 1. The lowest BCUT2D eigenvalue weighted by molar-refractivity contribution is -0.117. The molecule has 0 aliphatic heterocycles. The molecule has 1 atom stereocenters. The number of hydrogen-bond acceptors (Lipinski definition) is 3. The van der Waals surface area contributed by atoms with Crippen molar-refractivity contribution < 1.29 is 4.79 Å². The number of halogens is 1. The van der Waals surface area contributed by atoms with Gasteiger partial charge in [-0.2, -0.15) is 0 Å². The van der Waals surface area contributed by atoms with Crippen LogP contribution in [0.3, 0.4) is 0 Å². The Morgan fingerprint density at radius 2 is 2.00 bits per heavy atom. The van der Waals surface area contributed by atoms with E-state index in [1.54, 1.807) is 6.20 Å². The summed E-state index contributed by atoms with van der Waals surface area (Å²) in [7, 11) is 0. The van der Waals surface area contributed by atoms with Gasteiger partial charge in [0.05, 0.1) is 6.54 Å². The zero-order valence-electron chi connectivity index (χ0n) is 10.9. The van der Waals surface area contributed by atoms with Gasteiger partial charge in [0.25, 0.3) is 0 Å². The molecule has 1 amide bonds. The van der Waals surface area contributed by atoms with Gasteiger partial charge in [-0.1, -0.05) is 34.1 Å². The highest BCUT2D eigenvalue weighted by Gasteiger charge is 2.13. The van der Waals surface area contributed by atoms with Crippen molar-refractivity contribution in [1.29, 1.82) is 0 Å². The Balaban J connectivity index is 2.15. The van der Waals surface area contributed by atoms with Crippen LogP contribution >= 0.6 is 15.9 Å². The van der Waals surface area contributed by atoms with Crippen LogP contribution < -0.4 is 11.1 Å². The van der Waals surface area contributed by atoms with Gasteiger partial charge >= 0.3 is 0 Å². The van der Waals surface area contributed by atoms with E-state index in [0.29, 0.717) is 6.42 Å². The van der Waals surface area contributed by atoms with Crippen LogP contribution in [-0.2, 0) is 11.2 Å². The number of benzene rings is 1. The van der Waals surface area contributed by atoms with E-state index in [1.807, 2.05) is 42.5 Å². The molecule has 4 nitrogen and oxygen atoms in total. The molecule has 0 bridgehead atoms. The molecule has 0 aliphatic rings. The lowest BCUT2D eigenvalue weighted by Gasteiger charge is -2.18. The van der Waals surface area contributed by atoms with Crippen molar-refractivity contribution in [3.63, 3.8) is 0 Å². The fourth-order valence-corrected chi connectivity index (χ4v) is 2.22. The first kappa shape index (κ1) is 14.7. The van der Waals surface area contributed by atoms with E-state index in [-0.39, 0.29) is 18.5 Å². The third kappa shape index (κ3) is 4.43. The number of primary amides is 1. The number of nitrogens with zero attached hydrogens (tertiary/aromatic N) is 1. The molecule has 20 heavy (non-hydrogen) atoms. The third-order valence-corrected chi connectivity index (χ3v) is 3.46. The van der Waals surface area contributed by atoms with Gasteiger partial charge in [0.1, 0.15) is 0 Å². The topological polar surface area (TPSA) is 68.0 Å². The minimum atomic E-state index is -0.367. The molecule has 2 rings (SSSR count). The second-order valence-electron chi connectivity index (χ2n) is 4.48. The smallest absolute Gasteiger partial charge is 0.231 e. The third-order valence-electron chi connectivity index (χ3n) is 2.93. The Morgan fingerprint density at radius 1 is 1.25 bits per heavy atom. The fourth-order valence-electron chi connectivity index (χ4n) is 1.95. The average molecular weight is 334 g/mol. The molecule has 0 fully saturated rings. The monoisotopic (exact) mass is 333 g/mol. The van der Waals surface area contributed by atoms with Crippen LogP contribution in [0.4, 0.5) is 0 Å². The second-order valence-corrected chi connectivity index (χ2v) is 5.39. The van der Waals surface area contributed by atoms with Gasteiger partial charge in [-0.15, -0.1) is 0 Å². The van der Waals surface area contributed by atoms with E-state index in [1.165, 1.54) is 0 Å². The van der Waals surface area contributed by atoms with Crippen molar-refractivity contribution >= 4 is 21.8 Å². The molecular formula is C15H16BrN3O. The summed E-state index contributed by atoms with van der Waals surface area (Å²) in [5.41, 5.74) is 7.28. The maximum Gasteiger partial charge on any atom is 0.231 e. The molecule has 2 aromatic rings. The van der Waals surface area contributed by atoms with Gasteiger partial charge in [-0.05, 0) is 29.8 Å². The summed E-state index contributed by atoms with van der Waals surface area (Å²) in [6.45, 7) is 0.146. The van der Waals surface area contributed by atoms with Gasteiger partial charge in [0.15, 0.2) is 0 Å². The summed E-state index contributed by atoms with van der Waals surface area (Å²) < 4.78 is 1.02. The van der Waals surface area contributed by atoms with Crippen LogP contribution in [0.15, 0.2) is 53.1 Å². The van der Waals surface area contributed by atoms with Crippen LogP contribution in [0.1, 0.15) is 17.3 Å². The minimum Gasteiger partial charge on any atom is -0.369 e. The second kappa shape index (κ2) is 7.17. The first-order chi connectivity index (χ1) is 9.65. The molecule has 3 N–H and O–H groups in total. The van der Waals surface area contributed by atoms with E-state index in [4.69, 9.17) is 5.73 Å². The number of hydrogen-bond donors (Lipinski definition) is 2. The van der Waals surface area contributed by atoms with Crippen LogP contribution in [0.25, 0.3) is 0 Å². The van der Waals surface area contributed by atoms with E-state index < -0.39 is 0 Å². The van der Waals surface area contributed by atoms with E-state index in [2.05, 4.69) is 26.2 Å². The van der Waals surface area contributed by atoms with Gasteiger partial charge in [0.2, 0.25) is 5.91 Å². The van der Waals surface area contributed by atoms with Crippen LogP contribution in [0.5, 0.6) is 0 Å². The predicted octanol–water partition coefficient (Wildman–Crippen LogP) is 2.20.